The van der Waals surface area contributed by atoms with E-state index in [9.17, 15) is 0 Å². The van der Waals surface area contributed by atoms with Crippen molar-refractivity contribution in [3.05, 3.63) is 190 Å². The quantitative estimate of drug-likeness (QED) is 0.161. The number of thiophene rings is 1. The summed E-state index contributed by atoms with van der Waals surface area (Å²) in [6, 6.07) is 57.2. The molecular weight excluding hydrogens is 974 g/mol. The third-order valence-corrected chi connectivity index (χ3v) is 21.3. The van der Waals surface area contributed by atoms with E-state index in [1.807, 2.05) is 11.3 Å². The number of benzene rings is 8. The molecule has 0 atom stereocenters. The van der Waals surface area contributed by atoms with Crippen molar-refractivity contribution in [2.45, 2.75) is 168 Å². The average molecular weight is 1050 g/mol. The molecule has 9 aromatic rings. The average Bonchev–Trinajstić information content (AvgIpc) is 3.99. The van der Waals surface area contributed by atoms with Crippen LogP contribution in [0.1, 0.15) is 166 Å². The van der Waals surface area contributed by atoms with Crippen LogP contribution in [0.3, 0.4) is 0 Å². The first kappa shape index (κ1) is 51.9. The fourth-order valence-corrected chi connectivity index (χ4v) is 15.8. The first-order chi connectivity index (χ1) is 37.4. The van der Waals surface area contributed by atoms with E-state index >= 15 is 0 Å². The molecule has 0 saturated carbocycles. The van der Waals surface area contributed by atoms with Gasteiger partial charge in [0.15, 0.2) is 7.28 Å². The lowest BCUT2D eigenvalue weighted by Gasteiger charge is -2.45. The van der Waals surface area contributed by atoms with E-state index in [-0.39, 0.29) is 32.5 Å². The molecule has 0 spiro atoms. The van der Waals surface area contributed by atoms with Crippen LogP contribution in [0.15, 0.2) is 146 Å². The van der Waals surface area contributed by atoms with Gasteiger partial charge in [-0.15, -0.1) is 11.3 Å². The number of rotatable bonds is 7. The molecule has 8 aromatic carbocycles. The second-order valence-electron chi connectivity index (χ2n) is 28.3. The van der Waals surface area contributed by atoms with Crippen molar-refractivity contribution in [1.82, 2.24) is 0 Å². The molecule has 3 nitrogen and oxygen atoms in total. The summed E-state index contributed by atoms with van der Waals surface area (Å²) in [6.45, 7) is 34.1. The second-order valence-corrected chi connectivity index (χ2v) is 29.4. The van der Waals surface area contributed by atoms with E-state index in [0.29, 0.717) is 0 Å². The Bertz CT molecular complexity index is 3930. The molecule has 0 unspecified atom stereocenters. The van der Waals surface area contributed by atoms with Crippen molar-refractivity contribution in [3.8, 4) is 11.1 Å². The van der Waals surface area contributed by atoms with E-state index in [2.05, 4.69) is 258 Å². The SMILES string of the molecule is Cc1ccccc1N(c1cc(-c2ccc3sc4ccccc4c3c2Nc2ccc3c(c2)C(C)(C)CCC3(C)C)c2c(c1)N(c1ccc3c(c1)C(C)(C)CCC3(C)C)c1cc3c(cc1B2)C(C)(C)CCC3(C)C)c1ccccc1C. The van der Waals surface area contributed by atoms with Crippen LogP contribution in [0.2, 0.25) is 0 Å². The highest BCUT2D eigenvalue weighted by Gasteiger charge is 2.43. The zero-order valence-corrected chi connectivity index (χ0v) is 50.4. The molecule has 1 aliphatic heterocycles. The Balaban J connectivity index is 1.15. The summed E-state index contributed by atoms with van der Waals surface area (Å²) in [7, 11) is 0.808. The number of hydrogen-bond donors (Lipinski definition) is 1. The van der Waals surface area contributed by atoms with Gasteiger partial charge in [-0.05, 0) is 207 Å². The summed E-state index contributed by atoms with van der Waals surface area (Å²) in [6.07, 6.45) is 7.03. The molecule has 0 radical (unpaired) electrons. The van der Waals surface area contributed by atoms with Gasteiger partial charge in [-0.1, -0.05) is 167 Å². The van der Waals surface area contributed by atoms with Crippen LogP contribution >= 0.6 is 11.3 Å². The van der Waals surface area contributed by atoms with E-state index in [4.69, 9.17) is 0 Å². The number of aryl methyl sites for hydroxylation is 2. The first-order valence-electron chi connectivity index (χ1n) is 29.5. The van der Waals surface area contributed by atoms with Gasteiger partial charge in [-0.3, -0.25) is 0 Å². The van der Waals surface area contributed by atoms with Crippen molar-refractivity contribution in [1.29, 1.82) is 0 Å². The first-order valence-corrected chi connectivity index (χ1v) is 30.3. The monoisotopic (exact) mass is 1050 g/mol. The zero-order chi connectivity index (χ0) is 55.3. The molecule has 79 heavy (non-hydrogen) atoms. The van der Waals surface area contributed by atoms with Crippen molar-refractivity contribution in [2.24, 2.45) is 0 Å². The Morgan fingerprint density at radius 2 is 0.975 bits per heavy atom. The Kier molecular flexibility index (Phi) is 11.8. The molecule has 0 amide bonds. The summed E-state index contributed by atoms with van der Waals surface area (Å²) in [5.41, 5.74) is 26.6. The number of para-hydroxylation sites is 2. The highest BCUT2D eigenvalue weighted by molar-refractivity contribution is 7.26. The van der Waals surface area contributed by atoms with Gasteiger partial charge in [-0.25, -0.2) is 0 Å². The molecule has 0 saturated heterocycles. The Morgan fingerprint density at radius 3 is 1.58 bits per heavy atom. The van der Waals surface area contributed by atoms with Crippen molar-refractivity contribution < 1.29 is 0 Å². The van der Waals surface area contributed by atoms with Crippen LogP contribution in [0.25, 0.3) is 31.3 Å². The van der Waals surface area contributed by atoms with E-state index < -0.39 is 0 Å². The van der Waals surface area contributed by atoms with Crippen LogP contribution < -0.4 is 26.0 Å². The molecule has 1 N–H and O–H groups in total. The van der Waals surface area contributed by atoms with Gasteiger partial charge in [0.25, 0.3) is 0 Å². The minimum absolute atomic E-state index is 0.0323. The predicted molar refractivity (Wildman–Crippen MR) is 346 cm³/mol. The normalized spacial score (nSPS) is 18.6. The summed E-state index contributed by atoms with van der Waals surface area (Å²) in [5.74, 6) is 0. The Hall–Kier alpha value is -6.56. The Labute approximate surface area is 476 Å². The third kappa shape index (κ3) is 8.41. The predicted octanol–water partition coefficient (Wildman–Crippen LogP) is 19.8. The molecule has 4 aliphatic rings. The number of fused-ring (bicyclic) bond motifs is 8. The minimum Gasteiger partial charge on any atom is -0.354 e. The number of hydrogen-bond acceptors (Lipinski definition) is 4. The fraction of sp³-hybridized carbons (Fsp3) is 0.351. The molecule has 5 heteroatoms. The summed E-state index contributed by atoms with van der Waals surface area (Å²) >= 11 is 1.90. The molecule has 1 aromatic heterocycles. The molecule has 0 fully saturated rings. The van der Waals surface area contributed by atoms with Crippen LogP contribution in [0.5, 0.6) is 0 Å². The van der Waals surface area contributed by atoms with Gasteiger partial charge < -0.3 is 15.1 Å². The molecule has 13 rings (SSSR count). The maximum Gasteiger partial charge on any atom is 0.198 e. The topological polar surface area (TPSA) is 18.5 Å². The van der Waals surface area contributed by atoms with Crippen LogP contribution in [0, 0.1) is 13.8 Å². The number of nitrogens with zero attached hydrogens (tertiary/aromatic N) is 2. The third-order valence-electron chi connectivity index (χ3n) is 20.1. The van der Waals surface area contributed by atoms with Crippen molar-refractivity contribution >= 4 is 95.2 Å². The van der Waals surface area contributed by atoms with E-state index in [1.54, 1.807) is 0 Å². The largest absolute Gasteiger partial charge is 0.354 e. The standard InChI is InChI=1S/C74H80BN3S/c1-45-21-15-18-24-60(45)78(61-25-19-16-22-46(61)2)49-40-52(50-29-32-65-66(51-23-17-20-26-64(51)79-65)68(50)76-47-27-30-53-55(39-47)71(7,8)35-33-69(53,3)4)67-63(42-49)77(48-28-31-54-56(41-48)72(9,10)36-34-70(54,5)6)62-44-58-57(43-59(62)75-67)73(11,12)37-38-74(58,13)14/h15-32,39-44,75-76H,33-38H2,1-14H3. The van der Waals surface area contributed by atoms with Crippen molar-refractivity contribution in [3.63, 3.8) is 0 Å². The summed E-state index contributed by atoms with van der Waals surface area (Å²) < 4.78 is 2.60. The summed E-state index contributed by atoms with van der Waals surface area (Å²) in [4.78, 5) is 5.27. The maximum atomic E-state index is 4.30. The number of anilines is 8. The zero-order valence-electron chi connectivity index (χ0n) is 49.6. The highest BCUT2D eigenvalue weighted by atomic mass is 32.1. The van der Waals surface area contributed by atoms with Crippen molar-refractivity contribution in [2.75, 3.05) is 15.1 Å². The van der Waals surface area contributed by atoms with Crippen LogP contribution in [0.4, 0.5) is 45.5 Å². The van der Waals surface area contributed by atoms with Gasteiger partial charge in [0.05, 0.1) is 5.69 Å². The van der Waals surface area contributed by atoms with Crippen LogP contribution in [-0.2, 0) is 32.5 Å². The van der Waals surface area contributed by atoms with Crippen LogP contribution in [-0.4, -0.2) is 7.28 Å². The lowest BCUT2D eigenvalue weighted by atomic mass is 9.55. The Morgan fingerprint density at radius 1 is 0.456 bits per heavy atom. The minimum atomic E-state index is 0.0323. The molecule has 2 heterocycles. The van der Waals surface area contributed by atoms with Gasteiger partial charge >= 0.3 is 0 Å². The van der Waals surface area contributed by atoms with Gasteiger partial charge in [0.1, 0.15) is 0 Å². The van der Waals surface area contributed by atoms with Gasteiger partial charge in [0, 0.05) is 65.5 Å². The smallest absolute Gasteiger partial charge is 0.198 e. The second kappa shape index (κ2) is 18.0. The lowest BCUT2D eigenvalue weighted by molar-refractivity contribution is 0.332. The lowest BCUT2D eigenvalue weighted by Crippen LogP contribution is -2.44. The highest BCUT2D eigenvalue weighted by Crippen LogP contribution is 2.54. The van der Waals surface area contributed by atoms with E-state index in [0.717, 1.165) is 31.5 Å². The van der Waals surface area contributed by atoms with Gasteiger partial charge in [0.2, 0.25) is 0 Å². The van der Waals surface area contributed by atoms with E-state index in [1.165, 1.54) is 147 Å². The van der Waals surface area contributed by atoms with Gasteiger partial charge in [-0.2, -0.15) is 0 Å². The number of nitrogens with one attached hydrogen (secondary N) is 1. The molecule has 0 bridgehead atoms. The molecule has 400 valence electrons. The molecular formula is C74H80BN3S. The summed E-state index contributed by atoms with van der Waals surface area (Å²) in [5, 5.41) is 6.88. The fourth-order valence-electron chi connectivity index (χ4n) is 14.7. The molecule has 3 aliphatic carbocycles. The maximum absolute atomic E-state index is 4.30.